The molecule has 0 spiro atoms. The summed E-state index contributed by atoms with van der Waals surface area (Å²) >= 11 is 9.59. The molecule has 1 aromatic carbocycles. The van der Waals surface area contributed by atoms with Crippen LogP contribution in [0.4, 0.5) is 5.82 Å². The molecule has 2 aromatic heterocycles. The molecule has 0 aliphatic carbocycles. The molecule has 1 amide bonds. The van der Waals surface area contributed by atoms with Crippen LogP contribution in [-0.2, 0) is 4.79 Å². The number of anilines is 1. The van der Waals surface area contributed by atoms with Crippen molar-refractivity contribution in [2.75, 3.05) is 11.1 Å². The van der Waals surface area contributed by atoms with E-state index in [0.29, 0.717) is 10.8 Å². The molecule has 0 saturated heterocycles. The number of thiophene rings is 1. The number of carbonyl (C=O) groups is 1. The van der Waals surface area contributed by atoms with Crippen LogP contribution in [0.25, 0.3) is 5.69 Å². The Morgan fingerprint density at radius 1 is 1.32 bits per heavy atom. The number of amides is 1. The van der Waals surface area contributed by atoms with E-state index in [2.05, 4.69) is 22.1 Å². The number of benzene rings is 1. The second kappa shape index (κ2) is 6.52. The Hall–Kier alpha value is -1.76. The number of carbonyl (C=O) groups excluding carboxylic acids is 1. The maximum atomic E-state index is 12.3. The monoisotopic (exact) mass is 389 g/mol. The summed E-state index contributed by atoms with van der Waals surface area (Å²) in [6.07, 6.45) is 0. The molecular weight excluding hydrogens is 374 g/mol. The van der Waals surface area contributed by atoms with E-state index in [0.717, 1.165) is 28.3 Å². The average Bonchev–Trinajstić information content (AvgIpc) is 3.17. The van der Waals surface area contributed by atoms with Gasteiger partial charge in [-0.2, -0.15) is 16.4 Å². The minimum atomic E-state index is -0.0108. The van der Waals surface area contributed by atoms with Gasteiger partial charge < -0.3 is 5.32 Å². The predicted octanol–water partition coefficient (Wildman–Crippen LogP) is 4.98. The zero-order chi connectivity index (χ0) is 17.6. The van der Waals surface area contributed by atoms with Crippen molar-refractivity contribution in [1.82, 2.24) is 9.78 Å². The third-order valence-corrected chi connectivity index (χ3v) is 6.63. The van der Waals surface area contributed by atoms with Crippen molar-refractivity contribution in [1.29, 1.82) is 0 Å². The van der Waals surface area contributed by atoms with Gasteiger partial charge >= 0.3 is 0 Å². The van der Waals surface area contributed by atoms with Crippen molar-refractivity contribution in [3.8, 4) is 5.69 Å². The fraction of sp³-hybridized carbons (Fsp3) is 0.222. The van der Waals surface area contributed by atoms with Gasteiger partial charge in [0.2, 0.25) is 5.91 Å². The molecule has 7 heteroatoms. The Morgan fingerprint density at radius 3 is 2.88 bits per heavy atom. The topological polar surface area (TPSA) is 46.9 Å². The Kier molecular flexibility index (Phi) is 4.35. The van der Waals surface area contributed by atoms with Crippen molar-refractivity contribution >= 4 is 46.4 Å². The molecule has 0 radical (unpaired) electrons. The van der Waals surface area contributed by atoms with Gasteiger partial charge in [-0.15, -0.1) is 11.8 Å². The second-order valence-corrected chi connectivity index (χ2v) is 8.27. The van der Waals surface area contributed by atoms with Crippen LogP contribution in [0.3, 0.4) is 0 Å². The number of hydrogen-bond acceptors (Lipinski definition) is 4. The van der Waals surface area contributed by atoms with E-state index in [1.54, 1.807) is 27.8 Å². The molecule has 1 aliphatic heterocycles. The fourth-order valence-corrected chi connectivity index (χ4v) is 5.10. The normalized spacial score (nSPS) is 17.1. The minimum absolute atomic E-state index is 0.0108. The number of thioether (sulfide) groups is 1. The third-order valence-electron chi connectivity index (χ3n) is 4.25. The number of aromatic nitrogens is 2. The Balaban J connectivity index is 1.90. The van der Waals surface area contributed by atoms with Crippen LogP contribution in [0.5, 0.6) is 0 Å². The van der Waals surface area contributed by atoms with Gasteiger partial charge in [0.25, 0.3) is 0 Å². The van der Waals surface area contributed by atoms with Gasteiger partial charge in [0, 0.05) is 10.6 Å². The first-order chi connectivity index (χ1) is 12.0. The maximum Gasteiger partial charge on any atom is 0.235 e. The number of halogens is 1. The van der Waals surface area contributed by atoms with Crippen LogP contribution < -0.4 is 5.32 Å². The van der Waals surface area contributed by atoms with E-state index in [1.165, 1.54) is 5.56 Å². The molecule has 3 heterocycles. The van der Waals surface area contributed by atoms with Gasteiger partial charge in [0.05, 0.1) is 22.4 Å². The molecule has 1 N–H and O–H groups in total. The first-order valence-electron chi connectivity index (χ1n) is 7.84. The lowest BCUT2D eigenvalue weighted by Crippen LogP contribution is -2.15. The molecule has 1 aliphatic rings. The summed E-state index contributed by atoms with van der Waals surface area (Å²) in [5.74, 6) is 1.15. The second-order valence-electron chi connectivity index (χ2n) is 5.99. The largest absolute Gasteiger partial charge is 0.310 e. The first-order valence-corrected chi connectivity index (χ1v) is 10.2. The van der Waals surface area contributed by atoms with Crippen LogP contribution in [0.2, 0.25) is 5.02 Å². The zero-order valence-electron chi connectivity index (χ0n) is 13.7. The number of rotatable bonds is 2. The van der Waals surface area contributed by atoms with Gasteiger partial charge in [-0.25, -0.2) is 4.68 Å². The number of fused-ring (bicyclic) bond motifs is 1. The molecule has 1 atom stereocenters. The number of hydrogen-bond donors (Lipinski definition) is 1. The highest BCUT2D eigenvalue weighted by atomic mass is 35.5. The summed E-state index contributed by atoms with van der Waals surface area (Å²) in [6, 6.07) is 7.93. The summed E-state index contributed by atoms with van der Waals surface area (Å²) in [4.78, 5) is 12.3. The van der Waals surface area contributed by atoms with E-state index < -0.39 is 0 Å². The van der Waals surface area contributed by atoms with Crippen LogP contribution in [0.1, 0.15) is 27.6 Å². The predicted molar refractivity (Wildman–Crippen MR) is 105 cm³/mol. The highest BCUT2D eigenvalue weighted by molar-refractivity contribution is 8.00. The Labute approximate surface area is 159 Å². The lowest BCUT2D eigenvalue weighted by molar-refractivity contribution is -0.113. The van der Waals surface area contributed by atoms with E-state index >= 15 is 0 Å². The average molecular weight is 390 g/mol. The molecule has 3 aromatic rings. The Morgan fingerprint density at radius 2 is 2.16 bits per heavy atom. The van der Waals surface area contributed by atoms with Crippen molar-refractivity contribution < 1.29 is 4.79 Å². The maximum absolute atomic E-state index is 12.3. The summed E-state index contributed by atoms with van der Waals surface area (Å²) in [5, 5.41) is 12.7. The minimum Gasteiger partial charge on any atom is -0.310 e. The van der Waals surface area contributed by atoms with Crippen LogP contribution in [-0.4, -0.2) is 21.4 Å². The van der Waals surface area contributed by atoms with E-state index in [4.69, 9.17) is 16.7 Å². The summed E-state index contributed by atoms with van der Waals surface area (Å²) in [5.41, 5.74) is 5.04. The van der Waals surface area contributed by atoms with Gasteiger partial charge in [-0.1, -0.05) is 17.7 Å². The van der Waals surface area contributed by atoms with Crippen LogP contribution >= 0.6 is 34.7 Å². The van der Waals surface area contributed by atoms with Gasteiger partial charge in [-0.3, -0.25) is 4.79 Å². The van der Waals surface area contributed by atoms with E-state index in [1.807, 2.05) is 32.0 Å². The molecule has 128 valence electrons. The third kappa shape index (κ3) is 2.99. The zero-order valence-corrected chi connectivity index (χ0v) is 16.1. The smallest absolute Gasteiger partial charge is 0.235 e. The number of nitrogens with zero attached hydrogens (tertiary/aromatic N) is 2. The lowest BCUT2D eigenvalue weighted by atomic mass is 10.1. The van der Waals surface area contributed by atoms with E-state index in [-0.39, 0.29) is 11.2 Å². The van der Waals surface area contributed by atoms with Crippen LogP contribution in [0, 0.1) is 13.8 Å². The molecule has 1 unspecified atom stereocenters. The molecule has 0 saturated carbocycles. The number of aryl methyl sites for hydroxylation is 2. The summed E-state index contributed by atoms with van der Waals surface area (Å²) < 4.78 is 1.79. The SMILES string of the molecule is Cc1ccc(-n2nc(C)c3c2NC(=O)CSC3c2ccsc2)cc1Cl. The quantitative estimate of drug-likeness (QED) is 0.672. The van der Waals surface area contributed by atoms with Crippen molar-refractivity contribution in [3.05, 3.63) is 62.4 Å². The molecular formula is C18H16ClN3OS2. The van der Waals surface area contributed by atoms with Gasteiger partial charge in [0.15, 0.2) is 0 Å². The molecule has 0 fully saturated rings. The van der Waals surface area contributed by atoms with Gasteiger partial charge in [0.1, 0.15) is 5.82 Å². The van der Waals surface area contributed by atoms with E-state index in [9.17, 15) is 4.79 Å². The van der Waals surface area contributed by atoms with Crippen molar-refractivity contribution in [3.63, 3.8) is 0 Å². The molecule has 4 rings (SSSR count). The van der Waals surface area contributed by atoms with Gasteiger partial charge in [-0.05, 0) is 53.9 Å². The van der Waals surface area contributed by atoms with Crippen molar-refractivity contribution in [2.45, 2.75) is 19.1 Å². The first kappa shape index (κ1) is 16.7. The highest BCUT2D eigenvalue weighted by Crippen LogP contribution is 2.44. The Bertz CT molecular complexity index is 950. The summed E-state index contributed by atoms with van der Waals surface area (Å²) in [7, 11) is 0. The summed E-state index contributed by atoms with van der Waals surface area (Å²) in [6.45, 7) is 3.95. The van der Waals surface area contributed by atoms with Crippen molar-refractivity contribution in [2.24, 2.45) is 0 Å². The molecule has 4 nitrogen and oxygen atoms in total. The molecule has 0 bridgehead atoms. The highest BCUT2D eigenvalue weighted by Gasteiger charge is 2.30. The number of nitrogens with one attached hydrogen (secondary N) is 1. The fourth-order valence-electron chi connectivity index (χ4n) is 2.97. The lowest BCUT2D eigenvalue weighted by Gasteiger charge is -2.13. The van der Waals surface area contributed by atoms with Crippen LogP contribution in [0.15, 0.2) is 35.0 Å². The molecule has 25 heavy (non-hydrogen) atoms. The standard InChI is InChI=1S/C18H16ClN3OS2/c1-10-3-4-13(7-14(10)19)22-18-16(11(2)21-22)17(12-5-6-24-8-12)25-9-15(23)20-18/h3-8,17H,9H2,1-2H3,(H,20,23).